The lowest BCUT2D eigenvalue weighted by atomic mass is 10.2. The molecule has 3 aromatic heterocycles. The minimum absolute atomic E-state index is 0.138. The van der Waals surface area contributed by atoms with Gasteiger partial charge in [-0.15, -0.1) is 15.3 Å². The predicted octanol–water partition coefficient (Wildman–Crippen LogP) is 2.51. The number of morpholine rings is 1. The van der Waals surface area contributed by atoms with Crippen LogP contribution < -0.4 is 15.4 Å². The molecule has 14 heteroatoms. The Labute approximate surface area is 220 Å². The van der Waals surface area contributed by atoms with Gasteiger partial charge in [-0.3, -0.25) is 10.2 Å². The lowest BCUT2D eigenvalue weighted by Crippen LogP contribution is -2.42. The number of aromatic nitrogens is 5. The molecule has 6 rings (SSSR count). The van der Waals surface area contributed by atoms with Gasteiger partial charge in [-0.2, -0.15) is 4.52 Å². The monoisotopic (exact) mass is 542 g/mol. The van der Waals surface area contributed by atoms with Crippen LogP contribution in [0, 0.1) is 0 Å². The fourth-order valence-electron chi connectivity index (χ4n) is 3.91. The van der Waals surface area contributed by atoms with Crippen LogP contribution in [0.1, 0.15) is 6.42 Å². The van der Waals surface area contributed by atoms with E-state index in [1.165, 1.54) is 23.1 Å². The molecule has 2 aliphatic heterocycles. The van der Waals surface area contributed by atoms with Gasteiger partial charge in [0.25, 0.3) is 0 Å². The summed E-state index contributed by atoms with van der Waals surface area (Å²) >= 11 is 2.87. The zero-order chi connectivity index (χ0) is 25.0. The second-order valence-corrected chi connectivity index (χ2v) is 10.7. The quantitative estimate of drug-likeness (QED) is 0.326. The smallest absolute Gasteiger partial charge is 0.321 e. The third-order valence-corrected chi connectivity index (χ3v) is 7.89. The fraction of sp³-hybridized carbons (Fsp3) is 0.435. The van der Waals surface area contributed by atoms with Crippen LogP contribution in [0.2, 0.25) is 0 Å². The van der Waals surface area contributed by atoms with Gasteiger partial charge in [-0.05, 0) is 36.0 Å². The number of ether oxygens (including phenoxy) is 3. The zero-order valence-corrected chi connectivity index (χ0v) is 21.6. The summed E-state index contributed by atoms with van der Waals surface area (Å²) < 4.78 is 19.1. The van der Waals surface area contributed by atoms with Gasteiger partial charge in [0.15, 0.2) is 10.8 Å². The number of fused-ring (bicyclic) bond motifs is 2. The first-order valence-electron chi connectivity index (χ1n) is 12.1. The molecule has 4 aromatic rings. The highest BCUT2D eigenvalue weighted by atomic mass is 32.2. The molecule has 2 amide bonds. The second kappa shape index (κ2) is 11.1. The van der Waals surface area contributed by atoms with Crippen molar-refractivity contribution >= 4 is 50.1 Å². The van der Waals surface area contributed by atoms with Crippen LogP contribution in [0.15, 0.2) is 40.4 Å². The summed E-state index contributed by atoms with van der Waals surface area (Å²) in [6.07, 6.45) is 1.14. The Morgan fingerprint density at radius 2 is 2.08 bits per heavy atom. The summed E-state index contributed by atoms with van der Waals surface area (Å²) in [6.45, 7) is 5.91. The lowest BCUT2D eigenvalue weighted by Gasteiger charge is -2.26. The van der Waals surface area contributed by atoms with Crippen LogP contribution in [-0.4, -0.2) is 94.4 Å². The number of nitrogens with zero attached hydrogens (tertiary/aromatic N) is 6. The normalized spacial score (nSPS) is 18.1. The minimum atomic E-state index is -0.259. The summed E-state index contributed by atoms with van der Waals surface area (Å²) in [7, 11) is 0. The molecule has 0 aliphatic carbocycles. The maximum absolute atomic E-state index is 12.3. The molecule has 194 valence electrons. The van der Waals surface area contributed by atoms with Crippen molar-refractivity contribution in [3.8, 4) is 5.88 Å². The first-order valence-corrected chi connectivity index (χ1v) is 13.7. The Kier molecular flexibility index (Phi) is 7.32. The van der Waals surface area contributed by atoms with Gasteiger partial charge in [-0.1, -0.05) is 11.3 Å². The summed E-state index contributed by atoms with van der Waals surface area (Å²) in [5.74, 6) is 0.501. The molecule has 0 radical (unpaired) electrons. The number of rotatable bonds is 9. The van der Waals surface area contributed by atoms with E-state index in [9.17, 15) is 4.79 Å². The van der Waals surface area contributed by atoms with Gasteiger partial charge in [0.2, 0.25) is 11.0 Å². The SMILES string of the molecule is O=C(NCCN1CCOCC1)Nc1nc2ccc(Sc3nnc4ccc(OCC5CCO5)nn34)cc2s1. The van der Waals surface area contributed by atoms with Crippen LogP contribution >= 0.6 is 23.1 Å². The summed E-state index contributed by atoms with van der Waals surface area (Å²) in [4.78, 5) is 20.1. The molecule has 5 heterocycles. The Balaban J connectivity index is 1.07. The standard InChI is InChI=1S/C23H26N8O4S2/c32-21(24-6-7-30-8-11-33-12-9-30)26-22-25-17-2-1-16(13-18(17)37-22)36-23-28-27-19-3-4-20(29-31(19)23)35-14-15-5-10-34-15/h1-4,13,15H,5-12,14H2,(H2,24,25,26,32). The number of anilines is 1. The Hall–Kier alpha value is -3.04. The Morgan fingerprint density at radius 1 is 1.19 bits per heavy atom. The van der Waals surface area contributed by atoms with Gasteiger partial charge in [-0.25, -0.2) is 9.78 Å². The molecule has 1 aromatic carbocycles. The third-order valence-electron chi connectivity index (χ3n) is 6.03. The van der Waals surface area contributed by atoms with Crippen molar-refractivity contribution in [2.75, 3.05) is 57.9 Å². The molecule has 2 aliphatic rings. The van der Waals surface area contributed by atoms with E-state index in [2.05, 4.69) is 35.8 Å². The van der Waals surface area contributed by atoms with Gasteiger partial charge < -0.3 is 19.5 Å². The van der Waals surface area contributed by atoms with Crippen molar-refractivity contribution < 1.29 is 19.0 Å². The van der Waals surface area contributed by atoms with E-state index in [0.29, 0.717) is 35.0 Å². The van der Waals surface area contributed by atoms with Crippen molar-refractivity contribution in [1.29, 1.82) is 0 Å². The molecule has 0 spiro atoms. The molecular formula is C23H26N8O4S2. The predicted molar refractivity (Wildman–Crippen MR) is 139 cm³/mol. The highest BCUT2D eigenvalue weighted by Gasteiger charge is 2.19. The van der Waals surface area contributed by atoms with E-state index in [-0.39, 0.29) is 12.1 Å². The van der Waals surface area contributed by atoms with Gasteiger partial charge >= 0.3 is 6.03 Å². The van der Waals surface area contributed by atoms with E-state index < -0.39 is 0 Å². The summed E-state index contributed by atoms with van der Waals surface area (Å²) in [6, 6.07) is 9.28. The number of thiazole rings is 1. The fourth-order valence-corrected chi connectivity index (χ4v) is 5.71. The molecule has 37 heavy (non-hydrogen) atoms. The van der Waals surface area contributed by atoms with Crippen molar-refractivity contribution in [3.63, 3.8) is 0 Å². The van der Waals surface area contributed by atoms with Crippen molar-refractivity contribution in [3.05, 3.63) is 30.3 Å². The molecule has 2 saturated heterocycles. The van der Waals surface area contributed by atoms with Gasteiger partial charge in [0.1, 0.15) is 6.61 Å². The first-order chi connectivity index (χ1) is 18.2. The number of amides is 2. The van der Waals surface area contributed by atoms with Crippen molar-refractivity contribution in [2.24, 2.45) is 0 Å². The zero-order valence-electron chi connectivity index (χ0n) is 20.0. The van der Waals surface area contributed by atoms with E-state index >= 15 is 0 Å². The molecule has 0 saturated carbocycles. The van der Waals surface area contributed by atoms with Crippen molar-refractivity contribution in [2.45, 2.75) is 22.6 Å². The average molecular weight is 543 g/mol. The number of nitrogens with one attached hydrogen (secondary N) is 2. The van der Waals surface area contributed by atoms with Crippen LogP contribution in [-0.2, 0) is 9.47 Å². The molecule has 12 nitrogen and oxygen atoms in total. The number of hydrogen-bond acceptors (Lipinski definition) is 11. The second-order valence-electron chi connectivity index (χ2n) is 8.60. The summed E-state index contributed by atoms with van der Waals surface area (Å²) in [5.41, 5.74) is 1.45. The highest BCUT2D eigenvalue weighted by molar-refractivity contribution is 7.99. The molecule has 2 fully saturated rings. The van der Waals surface area contributed by atoms with Gasteiger partial charge in [0.05, 0.1) is 29.5 Å². The summed E-state index contributed by atoms with van der Waals surface area (Å²) in [5, 5.41) is 19.9. The number of hydrogen-bond donors (Lipinski definition) is 2. The topological polar surface area (TPSA) is 128 Å². The number of carbonyl (C=O) groups excluding carboxylic acids is 1. The molecule has 2 N–H and O–H groups in total. The number of urea groups is 1. The molecular weight excluding hydrogens is 516 g/mol. The van der Waals surface area contributed by atoms with Crippen molar-refractivity contribution in [1.82, 2.24) is 35.0 Å². The lowest BCUT2D eigenvalue weighted by molar-refractivity contribution is -0.0728. The Bertz CT molecular complexity index is 1390. The molecule has 1 atom stereocenters. The van der Waals surface area contributed by atoms with Crippen LogP contribution in [0.25, 0.3) is 15.9 Å². The van der Waals surface area contributed by atoms with Crippen LogP contribution in [0.3, 0.4) is 0 Å². The number of carbonyl (C=O) groups is 1. The molecule has 1 unspecified atom stereocenters. The van der Waals surface area contributed by atoms with E-state index in [0.717, 1.165) is 61.0 Å². The minimum Gasteiger partial charge on any atom is -0.474 e. The largest absolute Gasteiger partial charge is 0.474 e. The Morgan fingerprint density at radius 3 is 2.92 bits per heavy atom. The average Bonchev–Trinajstić information content (AvgIpc) is 3.46. The van der Waals surface area contributed by atoms with E-state index in [4.69, 9.17) is 14.2 Å². The van der Waals surface area contributed by atoms with Gasteiger partial charge in [0, 0.05) is 50.2 Å². The van der Waals surface area contributed by atoms with E-state index in [1.54, 1.807) is 10.6 Å². The maximum atomic E-state index is 12.3. The highest BCUT2D eigenvalue weighted by Crippen LogP contribution is 2.33. The third kappa shape index (κ3) is 5.93. The van der Waals surface area contributed by atoms with Crippen LogP contribution in [0.5, 0.6) is 5.88 Å². The number of benzene rings is 1. The first kappa shape index (κ1) is 24.3. The van der Waals surface area contributed by atoms with E-state index in [1.807, 2.05) is 24.3 Å². The van der Waals surface area contributed by atoms with Crippen LogP contribution in [0.4, 0.5) is 9.93 Å². The molecule has 0 bridgehead atoms. The maximum Gasteiger partial charge on any atom is 0.321 e.